The quantitative estimate of drug-likeness (QED) is 0.570. The predicted octanol–water partition coefficient (Wildman–Crippen LogP) is 3.56. The van der Waals surface area contributed by atoms with Crippen LogP contribution in [0.1, 0.15) is 31.8 Å². The van der Waals surface area contributed by atoms with E-state index in [1.54, 1.807) is 36.4 Å². The Bertz CT molecular complexity index is 897. The highest BCUT2D eigenvalue weighted by Crippen LogP contribution is 2.25. The number of benzene rings is 3. The number of aromatic hydroxyl groups is 2. The highest BCUT2D eigenvalue weighted by molar-refractivity contribution is 6.12. The molecule has 2 N–H and O–H groups in total. The maximum Gasteiger partial charge on any atom is 0.196 e. The Morgan fingerprint density at radius 1 is 0.625 bits per heavy atom. The smallest absolute Gasteiger partial charge is 0.196 e. The van der Waals surface area contributed by atoms with Crippen molar-refractivity contribution < 1.29 is 19.8 Å². The van der Waals surface area contributed by atoms with Gasteiger partial charge in [0.15, 0.2) is 11.6 Å². The van der Waals surface area contributed by atoms with Gasteiger partial charge in [-0.1, -0.05) is 54.6 Å². The molecule has 0 aliphatic rings. The molecule has 3 rings (SSSR count). The van der Waals surface area contributed by atoms with Gasteiger partial charge < -0.3 is 10.2 Å². The minimum Gasteiger partial charge on any atom is -0.508 e. The van der Waals surface area contributed by atoms with Crippen molar-refractivity contribution in [1.29, 1.82) is 0 Å². The van der Waals surface area contributed by atoms with Crippen LogP contribution in [0.25, 0.3) is 0 Å². The molecule has 0 fully saturated rings. The van der Waals surface area contributed by atoms with Crippen molar-refractivity contribution >= 4 is 11.6 Å². The third-order valence-corrected chi connectivity index (χ3v) is 3.67. The maximum atomic E-state index is 12.4. The maximum absolute atomic E-state index is 12.4. The van der Waals surface area contributed by atoms with Crippen LogP contribution in [0, 0.1) is 0 Å². The summed E-state index contributed by atoms with van der Waals surface area (Å²) in [6.45, 7) is 0. The van der Waals surface area contributed by atoms with E-state index in [4.69, 9.17) is 0 Å². The second-order valence-corrected chi connectivity index (χ2v) is 5.30. The summed E-state index contributed by atoms with van der Waals surface area (Å²) in [4.78, 5) is 24.8. The first-order valence-electron chi connectivity index (χ1n) is 7.33. The Morgan fingerprint density at radius 3 is 1.79 bits per heavy atom. The summed E-state index contributed by atoms with van der Waals surface area (Å²) in [7, 11) is 0. The van der Waals surface area contributed by atoms with E-state index in [0.717, 1.165) is 0 Å². The van der Waals surface area contributed by atoms with Crippen molar-refractivity contribution in [2.75, 3.05) is 0 Å². The van der Waals surface area contributed by atoms with Gasteiger partial charge in [0.1, 0.15) is 11.5 Å². The lowest BCUT2D eigenvalue weighted by Crippen LogP contribution is -2.04. The largest absolute Gasteiger partial charge is 0.508 e. The van der Waals surface area contributed by atoms with E-state index in [2.05, 4.69) is 0 Å². The molecule has 3 aromatic carbocycles. The minimum atomic E-state index is -0.429. The van der Waals surface area contributed by atoms with Crippen molar-refractivity contribution in [1.82, 2.24) is 0 Å². The molecule has 0 atom stereocenters. The van der Waals surface area contributed by atoms with E-state index in [1.807, 2.05) is 6.07 Å². The number of hydrogen-bond acceptors (Lipinski definition) is 4. The van der Waals surface area contributed by atoms with E-state index >= 15 is 0 Å². The molecule has 0 aliphatic heterocycles. The van der Waals surface area contributed by atoms with Crippen molar-refractivity contribution in [2.24, 2.45) is 0 Å². The van der Waals surface area contributed by atoms with E-state index in [-0.39, 0.29) is 22.8 Å². The second-order valence-electron chi connectivity index (χ2n) is 5.30. The Labute approximate surface area is 138 Å². The highest BCUT2D eigenvalue weighted by Gasteiger charge is 2.15. The Hall–Kier alpha value is -3.40. The van der Waals surface area contributed by atoms with Crippen LogP contribution in [0.3, 0.4) is 0 Å². The van der Waals surface area contributed by atoms with Gasteiger partial charge in [0, 0.05) is 16.7 Å². The third-order valence-electron chi connectivity index (χ3n) is 3.67. The summed E-state index contributed by atoms with van der Waals surface area (Å²) < 4.78 is 0. The average Bonchev–Trinajstić information content (AvgIpc) is 2.63. The molecule has 0 amide bonds. The van der Waals surface area contributed by atoms with Gasteiger partial charge in [0.2, 0.25) is 0 Å². The molecule has 0 aromatic heterocycles. The van der Waals surface area contributed by atoms with Crippen LogP contribution in [0.15, 0.2) is 72.8 Å². The number of phenols is 2. The lowest BCUT2D eigenvalue weighted by atomic mass is 9.98. The average molecular weight is 318 g/mol. The Balaban J connectivity index is 1.88. The van der Waals surface area contributed by atoms with Crippen LogP contribution in [0.2, 0.25) is 0 Å². The fourth-order valence-electron chi connectivity index (χ4n) is 2.39. The van der Waals surface area contributed by atoms with Crippen LogP contribution in [-0.2, 0) is 0 Å². The van der Waals surface area contributed by atoms with Gasteiger partial charge in [-0.05, 0) is 18.2 Å². The first-order chi connectivity index (χ1) is 11.6. The molecule has 4 heteroatoms. The summed E-state index contributed by atoms with van der Waals surface area (Å²) in [5.41, 5.74) is 1.37. The van der Waals surface area contributed by atoms with Gasteiger partial charge in [-0.3, -0.25) is 9.59 Å². The molecule has 0 unspecified atom stereocenters. The van der Waals surface area contributed by atoms with Crippen molar-refractivity contribution in [3.63, 3.8) is 0 Å². The third kappa shape index (κ3) is 3.03. The van der Waals surface area contributed by atoms with Gasteiger partial charge in [-0.15, -0.1) is 0 Å². The first-order valence-corrected chi connectivity index (χ1v) is 7.33. The standard InChI is InChI=1S/C20H14O4/c21-16-10-11-18(22)17(12-16)20(24)15-8-6-14(7-9-15)19(23)13-4-2-1-3-5-13/h1-12,21-22H. The molecule has 118 valence electrons. The summed E-state index contributed by atoms with van der Waals surface area (Å²) >= 11 is 0. The summed E-state index contributed by atoms with van der Waals surface area (Å²) in [5.74, 6) is -0.869. The summed E-state index contributed by atoms with van der Waals surface area (Å²) in [5, 5.41) is 19.2. The molecular formula is C20H14O4. The van der Waals surface area contributed by atoms with E-state index in [0.29, 0.717) is 16.7 Å². The van der Waals surface area contributed by atoms with Gasteiger partial charge in [0.25, 0.3) is 0 Å². The molecule has 0 heterocycles. The summed E-state index contributed by atoms with van der Waals surface area (Å²) in [6, 6.07) is 18.8. The number of phenolic OH excluding ortho intramolecular Hbond substituents is 2. The fraction of sp³-hybridized carbons (Fsp3) is 0. The predicted molar refractivity (Wildman–Crippen MR) is 89.5 cm³/mol. The van der Waals surface area contributed by atoms with Crippen molar-refractivity contribution in [3.05, 3.63) is 95.1 Å². The number of carbonyl (C=O) groups is 2. The van der Waals surface area contributed by atoms with Crippen LogP contribution in [0.4, 0.5) is 0 Å². The zero-order valence-corrected chi connectivity index (χ0v) is 12.6. The van der Waals surface area contributed by atoms with E-state index in [9.17, 15) is 19.8 Å². The molecule has 0 bridgehead atoms. The van der Waals surface area contributed by atoms with Crippen molar-refractivity contribution in [3.8, 4) is 11.5 Å². The molecule has 0 spiro atoms. The van der Waals surface area contributed by atoms with Crippen LogP contribution < -0.4 is 0 Å². The van der Waals surface area contributed by atoms with Crippen molar-refractivity contribution in [2.45, 2.75) is 0 Å². The lowest BCUT2D eigenvalue weighted by Gasteiger charge is -2.06. The van der Waals surface area contributed by atoms with Crippen LogP contribution in [0.5, 0.6) is 11.5 Å². The molecule has 0 aliphatic carbocycles. The zero-order valence-electron chi connectivity index (χ0n) is 12.6. The monoisotopic (exact) mass is 318 g/mol. The molecule has 24 heavy (non-hydrogen) atoms. The van der Waals surface area contributed by atoms with Gasteiger partial charge in [0.05, 0.1) is 5.56 Å². The Morgan fingerprint density at radius 2 is 1.17 bits per heavy atom. The van der Waals surface area contributed by atoms with E-state index in [1.165, 1.54) is 30.3 Å². The number of hydrogen-bond donors (Lipinski definition) is 2. The zero-order chi connectivity index (χ0) is 17.1. The summed E-state index contributed by atoms with van der Waals surface area (Å²) in [6.07, 6.45) is 0. The molecule has 0 saturated heterocycles. The van der Waals surface area contributed by atoms with Gasteiger partial charge >= 0.3 is 0 Å². The number of rotatable bonds is 4. The normalized spacial score (nSPS) is 10.3. The first kappa shape index (κ1) is 15.5. The highest BCUT2D eigenvalue weighted by atomic mass is 16.3. The van der Waals surface area contributed by atoms with Crippen LogP contribution >= 0.6 is 0 Å². The van der Waals surface area contributed by atoms with Gasteiger partial charge in [-0.25, -0.2) is 0 Å². The molecule has 0 radical (unpaired) electrons. The Kier molecular flexibility index (Phi) is 4.12. The SMILES string of the molecule is O=C(c1ccccc1)c1ccc(C(=O)c2cc(O)ccc2O)cc1. The molecule has 3 aromatic rings. The second kappa shape index (κ2) is 6.38. The minimum absolute atomic E-state index is 0.0112. The topological polar surface area (TPSA) is 74.6 Å². The lowest BCUT2D eigenvalue weighted by molar-refractivity contribution is 0.102. The fourth-order valence-corrected chi connectivity index (χ4v) is 2.39. The number of carbonyl (C=O) groups excluding carboxylic acids is 2. The number of ketones is 2. The van der Waals surface area contributed by atoms with Gasteiger partial charge in [-0.2, -0.15) is 0 Å². The van der Waals surface area contributed by atoms with E-state index < -0.39 is 5.78 Å². The molecular weight excluding hydrogens is 304 g/mol. The molecule has 4 nitrogen and oxygen atoms in total. The van der Waals surface area contributed by atoms with Crippen LogP contribution in [-0.4, -0.2) is 21.8 Å². The molecule has 0 saturated carbocycles.